The molecular formula is C8H16NO6P. The van der Waals surface area contributed by atoms with E-state index in [9.17, 15) is 19.0 Å². The summed E-state index contributed by atoms with van der Waals surface area (Å²) in [6.07, 6.45) is -1.24. The van der Waals surface area contributed by atoms with E-state index in [4.69, 9.17) is 15.9 Å². The van der Waals surface area contributed by atoms with Crippen molar-refractivity contribution in [2.45, 2.75) is 25.3 Å². The second-order valence-electron chi connectivity index (χ2n) is 3.91. The van der Waals surface area contributed by atoms with Gasteiger partial charge in [-0.2, -0.15) is 0 Å². The third-order valence-corrected chi connectivity index (χ3v) is 3.99. The molecule has 5 N–H and O–H groups in total. The van der Waals surface area contributed by atoms with E-state index < -0.39 is 31.3 Å². The predicted molar refractivity (Wildman–Crippen MR) is 56.7 cm³/mol. The Morgan fingerprint density at radius 2 is 1.81 bits per heavy atom. The SMILES string of the molecule is CC(N)(CCP(=O)(O)CCC(=O)O)C(=O)O. The van der Waals surface area contributed by atoms with E-state index in [1.54, 1.807) is 0 Å². The number of aliphatic carboxylic acids is 2. The zero-order valence-corrected chi connectivity index (χ0v) is 9.81. The zero-order valence-electron chi connectivity index (χ0n) is 8.92. The molecule has 0 fully saturated rings. The van der Waals surface area contributed by atoms with Crippen molar-refractivity contribution in [1.29, 1.82) is 0 Å². The summed E-state index contributed by atoms with van der Waals surface area (Å²) < 4.78 is 11.4. The van der Waals surface area contributed by atoms with Gasteiger partial charge in [0, 0.05) is 12.3 Å². The molecule has 2 unspecified atom stereocenters. The first-order valence-corrected chi connectivity index (χ1v) is 6.65. The Labute approximate surface area is 92.7 Å². The molecule has 7 nitrogen and oxygen atoms in total. The van der Waals surface area contributed by atoms with Crippen LogP contribution in [0.25, 0.3) is 0 Å². The van der Waals surface area contributed by atoms with Crippen LogP contribution in [-0.4, -0.2) is 44.9 Å². The van der Waals surface area contributed by atoms with Crippen LogP contribution in [0.2, 0.25) is 0 Å². The Balaban J connectivity index is 4.23. The lowest BCUT2D eigenvalue weighted by molar-refractivity contribution is -0.142. The van der Waals surface area contributed by atoms with E-state index in [2.05, 4.69) is 0 Å². The van der Waals surface area contributed by atoms with Gasteiger partial charge in [0.1, 0.15) is 5.54 Å². The van der Waals surface area contributed by atoms with E-state index in [-0.39, 0.29) is 18.7 Å². The van der Waals surface area contributed by atoms with Crippen molar-refractivity contribution < 1.29 is 29.3 Å². The van der Waals surface area contributed by atoms with Crippen molar-refractivity contribution in [2.75, 3.05) is 12.3 Å². The van der Waals surface area contributed by atoms with Crippen LogP contribution in [0.5, 0.6) is 0 Å². The standard InChI is InChI=1S/C8H16NO6P/c1-8(9,7(12)13)3-5-16(14,15)4-2-6(10)11/h2-5,9H2,1H3,(H,10,11)(H,12,13)(H,14,15). The molecule has 0 bridgehead atoms. The molecule has 0 amide bonds. The quantitative estimate of drug-likeness (QED) is 0.465. The van der Waals surface area contributed by atoms with Gasteiger partial charge in [-0.15, -0.1) is 0 Å². The Kier molecular flexibility index (Phi) is 5.12. The summed E-state index contributed by atoms with van der Waals surface area (Å²) >= 11 is 0. The first-order chi connectivity index (χ1) is 7.07. The molecule has 0 aliphatic heterocycles. The predicted octanol–water partition coefficient (Wildman–Crippen LogP) is -0.0764. The minimum Gasteiger partial charge on any atom is -0.481 e. The van der Waals surface area contributed by atoms with Crippen LogP contribution in [0.1, 0.15) is 19.8 Å². The smallest absolute Gasteiger partial charge is 0.323 e. The minimum atomic E-state index is -3.61. The third kappa shape index (κ3) is 5.85. The molecule has 16 heavy (non-hydrogen) atoms. The molecule has 0 saturated heterocycles. The summed E-state index contributed by atoms with van der Waals surface area (Å²) in [7, 11) is -3.61. The maximum Gasteiger partial charge on any atom is 0.323 e. The Morgan fingerprint density at radius 3 is 2.19 bits per heavy atom. The maximum atomic E-state index is 11.4. The average Bonchev–Trinajstić information content (AvgIpc) is 2.12. The van der Waals surface area contributed by atoms with Crippen molar-refractivity contribution in [3.05, 3.63) is 0 Å². The maximum absolute atomic E-state index is 11.4. The highest BCUT2D eigenvalue weighted by Crippen LogP contribution is 2.42. The molecule has 0 aromatic carbocycles. The van der Waals surface area contributed by atoms with E-state index in [1.165, 1.54) is 6.92 Å². The van der Waals surface area contributed by atoms with E-state index in [0.29, 0.717) is 0 Å². The van der Waals surface area contributed by atoms with Gasteiger partial charge >= 0.3 is 11.9 Å². The second kappa shape index (κ2) is 5.43. The Morgan fingerprint density at radius 1 is 1.31 bits per heavy atom. The van der Waals surface area contributed by atoms with E-state index >= 15 is 0 Å². The monoisotopic (exact) mass is 253 g/mol. The Hall–Kier alpha value is -0.910. The number of rotatable bonds is 7. The van der Waals surface area contributed by atoms with Gasteiger partial charge in [-0.1, -0.05) is 0 Å². The molecule has 0 aliphatic carbocycles. The van der Waals surface area contributed by atoms with Gasteiger partial charge in [0.2, 0.25) is 7.37 Å². The lowest BCUT2D eigenvalue weighted by Crippen LogP contribution is -2.45. The molecule has 0 radical (unpaired) electrons. The number of nitrogens with two attached hydrogens (primary N) is 1. The van der Waals surface area contributed by atoms with Crippen LogP contribution in [0, 0.1) is 0 Å². The van der Waals surface area contributed by atoms with Gasteiger partial charge in [-0.25, -0.2) is 0 Å². The molecule has 0 heterocycles. The molecular weight excluding hydrogens is 237 g/mol. The van der Waals surface area contributed by atoms with Gasteiger partial charge < -0.3 is 20.8 Å². The molecule has 2 atom stereocenters. The van der Waals surface area contributed by atoms with E-state index in [1.807, 2.05) is 0 Å². The number of hydrogen-bond acceptors (Lipinski definition) is 4. The van der Waals surface area contributed by atoms with Gasteiger partial charge in [-0.05, 0) is 13.3 Å². The fourth-order valence-electron chi connectivity index (χ4n) is 0.896. The van der Waals surface area contributed by atoms with Crippen LogP contribution in [-0.2, 0) is 14.2 Å². The molecule has 0 rings (SSSR count). The summed E-state index contributed by atoms with van der Waals surface area (Å²) in [6.45, 7) is 1.24. The number of hydrogen-bond donors (Lipinski definition) is 4. The molecule has 0 aliphatic rings. The van der Waals surface area contributed by atoms with Crippen molar-refractivity contribution in [1.82, 2.24) is 0 Å². The number of carboxylic acids is 2. The fourth-order valence-corrected chi connectivity index (χ4v) is 2.47. The highest BCUT2D eigenvalue weighted by atomic mass is 31.2. The normalized spacial score (nSPS) is 18.4. The molecule has 0 spiro atoms. The lowest BCUT2D eigenvalue weighted by Gasteiger charge is -2.20. The molecule has 0 aromatic heterocycles. The van der Waals surface area contributed by atoms with Crippen LogP contribution >= 0.6 is 7.37 Å². The van der Waals surface area contributed by atoms with Gasteiger partial charge in [0.15, 0.2) is 0 Å². The van der Waals surface area contributed by atoms with Crippen LogP contribution in [0.15, 0.2) is 0 Å². The summed E-state index contributed by atoms with van der Waals surface area (Å²) in [5, 5.41) is 17.0. The highest BCUT2D eigenvalue weighted by molar-refractivity contribution is 7.58. The second-order valence-corrected chi connectivity index (χ2v) is 6.50. The summed E-state index contributed by atoms with van der Waals surface area (Å²) in [5.41, 5.74) is 3.81. The van der Waals surface area contributed by atoms with Crippen LogP contribution in [0.4, 0.5) is 0 Å². The third-order valence-electron chi connectivity index (χ3n) is 2.14. The number of carbonyl (C=O) groups is 2. The summed E-state index contributed by atoms with van der Waals surface area (Å²) in [4.78, 5) is 30.2. The largest absolute Gasteiger partial charge is 0.481 e. The van der Waals surface area contributed by atoms with Gasteiger partial charge in [-0.3, -0.25) is 14.2 Å². The lowest BCUT2D eigenvalue weighted by atomic mass is 10.0. The summed E-state index contributed by atoms with van der Waals surface area (Å²) in [5.74, 6) is -2.42. The van der Waals surface area contributed by atoms with Crippen LogP contribution in [0.3, 0.4) is 0 Å². The van der Waals surface area contributed by atoms with Crippen LogP contribution < -0.4 is 5.73 Å². The molecule has 94 valence electrons. The first-order valence-electron chi connectivity index (χ1n) is 4.62. The van der Waals surface area contributed by atoms with Crippen molar-refractivity contribution in [3.63, 3.8) is 0 Å². The molecule has 8 heteroatoms. The van der Waals surface area contributed by atoms with Crippen molar-refractivity contribution >= 4 is 19.3 Å². The van der Waals surface area contributed by atoms with E-state index in [0.717, 1.165) is 0 Å². The highest BCUT2D eigenvalue weighted by Gasteiger charge is 2.31. The Bertz CT molecular complexity index is 326. The number of carboxylic acid groups (broad SMARTS) is 2. The summed E-state index contributed by atoms with van der Waals surface area (Å²) in [6, 6.07) is 0. The minimum absolute atomic E-state index is 0.171. The van der Waals surface area contributed by atoms with Gasteiger partial charge in [0.05, 0.1) is 6.42 Å². The molecule has 0 saturated carbocycles. The first kappa shape index (κ1) is 15.1. The van der Waals surface area contributed by atoms with Gasteiger partial charge in [0.25, 0.3) is 0 Å². The van der Waals surface area contributed by atoms with Crippen molar-refractivity contribution in [3.8, 4) is 0 Å². The zero-order chi connectivity index (χ0) is 13.0. The topological polar surface area (TPSA) is 138 Å². The van der Waals surface area contributed by atoms with Crippen molar-refractivity contribution in [2.24, 2.45) is 5.73 Å². The average molecular weight is 253 g/mol. The molecule has 0 aromatic rings. The fraction of sp³-hybridized carbons (Fsp3) is 0.750.